The van der Waals surface area contributed by atoms with Crippen LogP contribution in [0.15, 0.2) is 0 Å². The number of aliphatic carboxylic acids is 1. The molecule has 2 rings (SSSR count). The fourth-order valence-electron chi connectivity index (χ4n) is 2.81. The van der Waals surface area contributed by atoms with E-state index in [4.69, 9.17) is 9.84 Å². The summed E-state index contributed by atoms with van der Waals surface area (Å²) in [5.41, 5.74) is -0.718. The van der Waals surface area contributed by atoms with Crippen molar-refractivity contribution < 1.29 is 19.7 Å². The van der Waals surface area contributed by atoms with Crippen LogP contribution in [-0.4, -0.2) is 47.6 Å². The van der Waals surface area contributed by atoms with E-state index in [0.717, 1.165) is 26.1 Å². The number of ether oxygens (including phenoxy) is 1. The highest BCUT2D eigenvalue weighted by atomic mass is 16.5. The van der Waals surface area contributed by atoms with Crippen molar-refractivity contribution in [1.29, 1.82) is 0 Å². The van der Waals surface area contributed by atoms with E-state index in [2.05, 4.69) is 5.32 Å². The second-order valence-corrected chi connectivity index (χ2v) is 5.60. The van der Waals surface area contributed by atoms with Crippen LogP contribution in [0, 0.1) is 5.92 Å². The van der Waals surface area contributed by atoms with Crippen molar-refractivity contribution in [2.75, 3.05) is 19.8 Å². The fraction of sp³-hybridized carbons (Fsp3) is 0.923. The van der Waals surface area contributed by atoms with Gasteiger partial charge < -0.3 is 20.3 Å². The zero-order chi connectivity index (χ0) is 13.0. The second kappa shape index (κ2) is 5.99. The van der Waals surface area contributed by atoms with Crippen molar-refractivity contribution in [3.63, 3.8) is 0 Å². The number of hydrogen-bond acceptors (Lipinski definition) is 4. The molecular formula is C13H23NO4. The minimum absolute atomic E-state index is 0.270. The molecule has 1 aliphatic carbocycles. The van der Waals surface area contributed by atoms with Crippen LogP contribution in [0.4, 0.5) is 0 Å². The van der Waals surface area contributed by atoms with Gasteiger partial charge in [0.1, 0.15) is 0 Å². The SMILES string of the molecule is O=C(O)C1CCC(O)(CNC2CCOCC2)CC1. The lowest BCUT2D eigenvalue weighted by atomic mass is 9.78. The van der Waals surface area contributed by atoms with Gasteiger partial charge in [0.2, 0.25) is 0 Å². The van der Waals surface area contributed by atoms with E-state index in [0.29, 0.717) is 38.3 Å². The standard InChI is InChI=1S/C13H23NO4/c15-12(16)10-1-5-13(17,6-2-10)9-14-11-3-7-18-8-4-11/h10-11,14,17H,1-9H2,(H,15,16). The first-order valence-electron chi connectivity index (χ1n) is 6.85. The van der Waals surface area contributed by atoms with Crippen LogP contribution in [0.2, 0.25) is 0 Å². The molecule has 0 aromatic heterocycles. The Hall–Kier alpha value is -0.650. The van der Waals surface area contributed by atoms with Gasteiger partial charge in [-0.25, -0.2) is 0 Å². The lowest BCUT2D eigenvalue weighted by Gasteiger charge is -2.36. The molecular weight excluding hydrogens is 234 g/mol. The zero-order valence-electron chi connectivity index (χ0n) is 10.7. The first-order valence-corrected chi connectivity index (χ1v) is 6.85. The molecule has 5 nitrogen and oxygen atoms in total. The molecule has 2 fully saturated rings. The van der Waals surface area contributed by atoms with E-state index in [1.165, 1.54) is 0 Å². The van der Waals surface area contributed by atoms with E-state index < -0.39 is 11.6 Å². The lowest BCUT2D eigenvalue weighted by Crippen LogP contribution is -2.48. The highest BCUT2D eigenvalue weighted by Crippen LogP contribution is 2.32. The van der Waals surface area contributed by atoms with Crippen LogP contribution in [-0.2, 0) is 9.53 Å². The van der Waals surface area contributed by atoms with E-state index in [9.17, 15) is 9.90 Å². The Morgan fingerprint density at radius 3 is 2.39 bits per heavy atom. The van der Waals surface area contributed by atoms with Gasteiger partial charge in [-0.2, -0.15) is 0 Å². The van der Waals surface area contributed by atoms with Crippen molar-refractivity contribution >= 4 is 5.97 Å². The molecule has 1 saturated heterocycles. The Bertz CT molecular complexity index is 281. The smallest absolute Gasteiger partial charge is 0.306 e. The largest absolute Gasteiger partial charge is 0.481 e. The van der Waals surface area contributed by atoms with Gasteiger partial charge in [-0.15, -0.1) is 0 Å². The molecule has 5 heteroatoms. The summed E-state index contributed by atoms with van der Waals surface area (Å²) in [5, 5.41) is 22.7. The van der Waals surface area contributed by atoms with Crippen LogP contribution in [0.5, 0.6) is 0 Å². The average molecular weight is 257 g/mol. The van der Waals surface area contributed by atoms with E-state index >= 15 is 0 Å². The zero-order valence-corrected chi connectivity index (χ0v) is 10.7. The number of carbonyl (C=O) groups is 1. The maximum absolute atomic E-state index is 10.9. The Balaban J connectivity index is 1.73. The van der Waals surface area contributed by atoms with E-state index in [1.807, 2.05) is 0 Å². The Kier molecular flexibility index (Phi) is 4.59. The molecule has 1 saturated carbocycles. The van der Waals surface area contributed by atoms with Gasteiger partial charge in [-0.3, -0.25) is 4.79 Å². The summed E-state index contributed by atoms with van der Waals surface area (Å²) in [5.74, 6) is -0.997. The minimum Gasteiger partial charge on any atom is -0.481 e. The van der Waals surface area contributed by atoms with Crippen molar-refractivity contribution in [2.45, 2.75) is 50.2 Å². The summed E-state index contributed by atoms with van der Waals surface area (Å²) < 4.78 is 5.29. The number of carboxylic acid groups (broad SMARTS) is 1. The van der Waals surface area contributed by atoms with Gasteiger partial charge in [-0.05, 0) is 38.5 Å². The summed E-state index contributed by atoms with van der Waals surface area (Å²) in [6.45, 7) is 2.15. The summed E-state index contributed by atoms with van der Waals surface area (Å²) in [6.07, 6.45) is 4.32. The van der Waals surface area contributed by atoms with Crippen molar-refractivity contribution in [1.82, 2.24) is 5.32 Å². The predicted molar refractivity (Wildman–Crippen MR) is 66.4 cm³/mol. The highest BCUT2D eigenvalue weighted by Gasteiger charge is 2.35. The molecule has 18 heavy (non-hydrogen) atoms. The molecule has 0 radical (unpaired) electrons. The first-order chi connectivity index (χ1) is 8.59. The van der Waals surface area contributed by atoms with Crippen molar-refractivity contribution in [3.8, 4) is 0 Å². The van der Waals surface area contributed by atoms with Crippen LogP contribution < -0.4 is 5.32 Å². The van der Waals surface area contributed by atoms with Gasteiger partial charge in [0.25, 0.3) is 0 Å². The average Bonchev–Trinajstić information content (AvgIpc) is 2.38. The van der Waals surface area contributed by atoms with E-state index in [-0.39, 0.29) is 5.92 Å². The van der Waals surface area contributed by atoms with Gasteiger partial charge in [-0.1, -0.05) is 0 Å². The van der Waals surface area contributed by atoms with Crippen molar-refractivity contribution in [3.05, 3.63) is 0 Å². The fourth-order valence-corrected chi connectivity index (χ4v) is 2.81. The molecule has 0 aromatic rings. The maximum Gasteiger partial charge on any atom is 0.306 e. The molecule has 0 aromatic carbocycles. The number of nitrogens with one attached hydrogen (secondary N) is 1. The molecule has 0 atom stereocenters. The lowest BCUT2D eigenvalue weighted by molar-refractivity contribution is -0.144. The quantitative estimate of drug-likeness (QED) is 0.693. The third-order valence-corrected chi connectivity index (χ3v) is 4.21. The third-order valence-electron chi connectivity index (χ3n) is 4.21. The summed E-state index contributed by atoms with van der Waals surface area (Å²) in [4.78, 5) is 10.9. The monoisotopic (exact) mass is 257 g/mol. The molecule has 3 N–H and O–H groups in total. The number of hydrogen-bond donors (Lipinski definition) is 3. The molecule has 1 heterocycles. The van der Waals surface area contributed by atoms with Gasteiger partial charge >= 0.3 is 5.97 Å². The molecule has 1 aliphatic heterocycles. The Morgan fingerprint density at radius 1 is 1.22 bits per heavy atom. The van der Waals surface area contributed by atoms with Crippen LogP contribution in [0.1, 0.15) is 38.5 Å². The molecule has 104 valence electrons. The first kappa shape index (κ1) is 13.8. The molecule has 0 spiro atoms. The van der Waals surface area contributed by atoms with Crippen LogP contribution in [0.25, 0.3) is 0 Å². The minimum atomic E-state index is -0.727. The topological polar surface area (TPSA) is 78.8 Å². The normalized spacial score (nSPS) is 34.4. The predicted octanol–water partition coefficient (Wildman–Crippen LogP) is 0.761. The van der Waals surface area contributed by atoms with Crippen LogP contribution >= 0.6 is 0 Å². The molecule has 0 bridgehead atoms. The molecule has 2 aliphatic rings. The summed E-state index contributed by atoms with van der Waals surface area (Å²) in [7, 11) is 0. The summed E-state index contributed by atoms with van der Waals surface area (Å²) >= 11 is 0. The van der Waals surface area contributed by atoms with Gasteiger partial charge in [0.05, 0.1) is 11.5 Å². The van der Waals surface area contributed by atoms with Gasteiger partial charge in [0.15, 0.2) is 0 Å². The number of carboxylic acids is 1. The van der Waals surface area contributed by atoms with Gasteiger partial charge in [0, 0.05) is 25.8 Å². The Morgan fingerprint density at radius 2 is 1.83 bits per heavy atom. The number of rotatable bonds is 4. The second-order valence-electron chi connectivity index (χ2n) is 5.60. The van der Waals surface area contributed by atoms with Crippen LogP contribution in [0.3, 0.4) is 0 Å². The third kappa shape index (κ3) is 3.67. The molecule has 0 amide bonds. The summed E-state index contributed by atoms with van der Waals surface area (Å²) in [6, 6.07) is 0.431. The maximum atomic E-state index is 10.9. The highest BCUT2D eigenvalue weighted by molar-refractivity contribution is 5.70. The molecule has 0 unspecified atom stereocenters. The van der Waals surface area contributed by atoms with E-state index in [1.54, 1.807) is 0 Å². The van der Waals surface area contributed by atoms with Crippen molar-refractivity contribution in [2.24, 2.45) is 5.92 Å². The Labute approximate surface area is 108 Å². The number of aliphatic hydroxyl groups is 1.